The SMILES string of the molecule is C#CC#CC#CC#CC#CC#CC#CC#CC.C#CC#CC#CC#CC#CC#CC#CC#CC#CC#CC#CC#CC#CC#CC#CC#CC#CC#CC#CC#CC#CC#CC#CC#CC#CC#CC#CC#CC#C.CB(O)O.Cc1cnn(C2CCCCO2)c(=O)c1Cl.Cc1cnnc(C)c1Cl.Cc1cnnc(Cl)c1Cl.O=P(Cl)(Cl)Cl.PPP. The van der Waals surface area contributed by atoms with Crippen molar-refractivity contribution in [2.75, 3.05) is 6.61 Å². The predicted octanol–water partition coefficient (Wildman–Crippen LogP) is 9.90. The summed E-state index contributed by atoms with van der Waals surface area (Å²) in [7, 11) is 4.89. The number of aromatic nitrogens is 6. The molecule has 2 N–H and O–H groups in total. The summed E-state index contributed by atoms with van der Waals surface area (Å²) in [4.78, 5) is 11.8. The summed E-state index contributed by atoms with van der Waals surface area (Å²) < 4.78 is 16.3. The molecule has 11 nitrogen and oxygen atoms in total. The van der Waals surface area contributed by atoms with E-state index < -0.39 is 12.3 Å². The molecule has 560 valence electrons. The van der Waals surface area contributed by atoms with Gasteiger partial charge in [0.15, 0.2) is 11.4 Å². The average Bonchev–Trinajstić information content (AvgIpc) is 0.822. The van der Waals surface area contributed by atoms with Crippen molar-refractivity contribution in [1.29, 1.82) is 0 Å². The Labute approximate surface area is 746 Å². The van der Waals surface area contributed by atoms with Gasteiger partial charge in [-0.3, -0.25) is 9.36 Å². The lowest BCUT2D eigenvalue weighted by Crippen LogP contribution is -2.31. The van der Waals surface area contributed by atoms with Gasteiger partial charge in [0, 0.05) is 243 Å². The first-order valence-electron chi connectivity index (χ1n) is 31.0. The van der Waals surface area contributed by atoms with Gasteiger partial charge in [-0.2, -0.15) is 25.1 Å². The molecule has 0 spiro atoms. The van der Waals surface area contributed by atoms with Gasteiger partial charge in [-0.25, -0.2) is 0 Å². The van der Waals surface area contributed by atoms with E-state index in [0.717, 1.165) is 44.0 Å². The van der Waals surface area contributed by atoms with E-state index in [-0.39, 0.29) is 22.0 Å². The third-order valence-electron chi connectivity index (χ3n) is 9.00. The third kappa shape index (κ3) is 86.2. The summed E-state index contributed by atoms with van der Waals surface area (Å²) in [5.74, 6) is 175. The number of rotatable bonds is 1. The van der Waals surface area contributed by atoms with Gasteiger partial charge in [-0.05, 0) is 289 Å². The lowest BCUT2D eigenvalue weighted by Gasteiger charge is -2.23. The predicted molar refractivity (Wildman–Crippen MR) is 496 cm³/mol. The van der Waals surface area contributed by atoms with Crippen molar-refractivity contribution >= 4 is 118 Å². The van der Waals surface area contributed by atoms with Crippen LogP contribution in [0.4, 0.5) is 0 Å². The van der Waals surface area contributed by atoms with Crippen LogP contribution in [0.1, 0.15) is 54.8 Å². The largest absolute Gasteiger partial charge is 0.448 e. The summed E-state index contributed by atoms with van der Waals surface area (Å²) in [6.45, 7) is 11.0. The van der Waals surface area contributed by atoms with Crippen molar-refractivity contribution < 1.29 is 19.3 Å². The van der Waals surface area contributed by atoms with Crippen LogP contribution in [0.5, 0.6) is 0 Å². The van der Waals surface area contributed by atoms with Crippen LogP contribution in [0.25, 0.3) is 0 Å². The third-order valence-corrected chi connectivity index (χ3v) is 10.9. The first-order valence-corrected chi connectivity index (χ1v) is 41.6. The number of hydrogen-bond donors (Lipinski definition) is 2. The van der Waals surface area contributed by atoms with Gasteiger partial charge in [-0.15, -0.1) is 42.2 Å². The van der Waals surface area contributed by atoms with Crippen molar-refractivity contribution in [2.45, 2.75) is 66.9 Å². The molecule has 1 aliphatic heterocycles. The van der Waals surface area contributed by atoms with E-state index in [1.54, 1.807) is 32.4 Å². The smallest absolute Gasteiger partial charge is 0.427 e. The van der Waals surface area contributed by atoms with Gasteiger partial charge in [0.05, 0.1) is 34.3 Å². The Morgan fingerprint density at radius 1 is 0.400 bits per heavy atom. The lowest BCUT2D eigenvalue weighted by atomic mass is 9.99. The molecule has 23 heteroatoms. The normalized spacial score (nSPS) is 7.43. The summed E-state index contributed by atoms with van der Waals surface area (Å²) >= 11 is 36.6. The Morgan fingerprint density at radius 2 is 0.608 bits per heavy atom. The number of ether oxygens (including phenoxy) is 1. The van der Waals surface area contributed by atoms with E-state index in [9.17, 15) is 9.36 Å². The molecule has 1 saturated heterocycles. The van der Waals surface area contributed by atoms with E-state index in [2.05, 4.69) is 497 Å². The van der Waals surface area contributed by atoms with E-state index in [1.165, 1.54) is 11.5 Å². The molecular weight excluding hydrogens is 1710 g/mol. The summed E-state index contributed by atoms with van der Waals surface area (Å²) in [5, 5.41) is 32.3. The number of nitrogens with zero attached hydrogens (tertiary/aromatic N) is 6. The van der Waals surface area contributed by atoms with E-state index >= 15 is 0 Å². The van der Waals surface area contributed by atoms with Gasteiger partial charge in [0.1, 0.15) is 5.02 Å². The number of terminal acetylenes is 3. The van der Waals surface area contributed by atoms with E-state index in [4.69, 9.17) is 80.5 Å². The maximum absolute atomic E-state index is 11.8. The molecule has 3 aromatic rings. The summed E-state index contributed by atoms with van der Waals surface area (Å²) in [6, 6.07) is 0. The van der Waals surface area contributed by atoms with Crippen LogP contribution in [0, 0.1) is 467 Å². The fraction of sp³-hybridized carbons (Fsp3) is 0.113. The van der Waals surface area contributed by atoms with Crippen LogP contribution in [0.2, 0.25) is 27.0 Å². The number of halogens is 7. The molecule has 3 unspecified atom stereocenters. The van der Waals surface area contributed by atoms with Crippen LogP contribution in [-0.4, -0.2) is 53.9 Å². The van der Waals surface area contributed by atoms with Crippen LogP contribution < -0.4 is 5.56 Å². The van der Waals surface area contributed by atoms with Crippen molar-refractivity contribution in [1.82, 2.24) is 30.2 Å². The minimum atomic E-state index is -3.22. The average molecular weight is 1750 g/mol. The van der Waals surface area contributed by atoms with Gasteiger partial charge in [0.2, 0.25) is 0 Å². The zero-order valence-electron chi connectivity index (χ0n) is 63.0. The number of aryl methyl sites for hydroxylation is 4. The first-order chi connectivity index (χ1) is 58.1. The molecule has 0 aliphatic carbocycles. The molecule has 0 amide bonds. The Bertz CT molecular complexity index is 6650. The van der Waals surface area contributed by atoms with Crippen LogP contribution in [-0.2, 0) is 9.30 Å². The fourth-order valence-electron chi connectivity index (χ4n) is 4.81. The van der Waals surface area contributed by atoms with Gasteiger partial charge < -0.3 is 14.8 Å². The second-order valence-electron chi connectivity index (χ2n) is 17.5. The van der Waals surface area contributed by atoms with Crippen LogP contribution >= 0.6 is 111 Å². The molecule has 1 aliphatic rings. The van der Waals surface area contributed by atoms with Gasteiger partial charge in [-0.1, -0.05) is 60.3 Å². The molecule has 0 bridgehead atoms. The Balaban J connectivity index is -0.000000851. The lowest BCUT2D eigenvalue weighted by molar-refractivity contribution is -0.0424. The monoisotopic (exact) mass is 1750 g/mol. The second-order valence-corrected chi connectivity index (χ2v) is 30.0. The van der Waals surface area contributed by atoms with Gasteiger partial charge in [0.25, 0.3) is 5.56 Å². The molecule has 3 aromatic heterocycles. The maximum Gasteiger partial charge on any atom is 0.448 e. The Kier molecular flexibility index (Phi) is 80.4. The quantitative estimate of drug-likeness (QED) is 0.137. The highest BCUT2D eigenvalue weighted by atomic mass is 36.0. The highest BCUT2D eigenvalue weighted by Gasteiger charge is 2.19. The molecule has 0 saturated carbocycles. The molecule has 120 heavy (non-hydrogen) atoms. The molecule has 3 atom stereocenters. The molecule has 4 heterocycles. The minimum Gasteiger partial charge on any atom is -0.427 e. The summed E-state index contributed by atoms with van der Waals surface area (Å²) in [6.07, 6.45) is 22.3. The van der Waals surface area contributed by atoms with Gasteiger partial charge >= 0.3 is 12.3 Å². The van der Waals surface area contributed by atoms with Crippen molar-refractivity contribution in [3.8, 4) is 440 Å². The fourth-order valence-corrected chi connectivity index (χ4v) is 5.31. The zero-order valence-corrected chi connectivity index (χ0v) is 72.5. The maximum atomic E-state index is 11.8. The molecule has 0 aromatic carbocycles. The Hall–Kier alpha value is -15.7. The first kappa shape index (κ1) is 111. The molecule has 0 radical (unpaired) electrons. The van der Waals surface area contributed by atoms with E-state index in [1.807, 2.05) is 20.8 Å². The van der Waals surface area contributed by atoms with Crippen LogP contribution in [0.3, 0.4) is 0 Å². The summed E-state index contributed by atoms with van der Waals surface area (Å²) in [5.41, 5.74) is 3.05. The van der Waals surface area contributed by atoms with Crippen molar-refractivity contribution in [2.24, 2.45) is 0 Å². The van der Waals surface area contributed by atoms with Crippen molar-refractivity contribution in [3.63, 3.8) is 0 Å². The van der Waals surface area contributed by atoms with E-state index in [0.29, 0.717) is 22.2 Å². The molecular formula is C97H40BCl7N6O5P4. The molecule has 4 rings (SSSR count). The standard InChI is InChI=1S/C58H2.C17H4.C10H13ClN2O2.C6H7ClN2.C5H4Cl2N2.CH5BO2.Cl3OP.H5P3/c1-3-5-7-9-11-13-15-17-19-21-23-25-27-29-31-33-35-37-39-41-43-45-47-49-51-53-55-57-58-56-54-52-50-48-46-44-42-40-38-36-34-32-30-28-26-24-22-20-18-16-14-12-10-8-6-4-2;1-3-5-7-9-11-13-15-17-16-14-12-10-8-6-4-2;1-7-6-12-13(10(14)9(7)11)8-4-2-3-5-15-8;1-4-3-8-9-5(2)6(4)7;1-3-2-8-9-5(7)4(3)6;1-2(3)4;1-5(2,3)4;1-3-2/h1-2H;1H,2H3;6,8H,2-5H2,1H3;3H,1-2H3;2H,1H3;3-4H,1H3;;3H,1-2H2. The highest BCUT2D eigenvalue weighted by molar-refractivity contribution is 8.33. The zero-order chi connectivity index (χ0) is 89.5. The Morgan fingerprint density at radius 3 is 0.792 bits per heavy atom. The van der Waals surface area contributed by atoms with Crippen molar-refractivity contribution in [3.05, 3.63) is 71.5 Å². The molecule has 1 fully saturated rings. The second kappa shape index (κ2) is 87.2. The minimum absolute atomic E-state index is 0.235. The number of hydrogen-bond acceptors (Lipinski definition) is 10. The van der Waals surface area contributed by atoms with Crippen LogP contribution in [0.15, 0.2) is 23.4 Å². The topological polar surface area (TPSA) is 153 Å². The highest BCUT2D eigenvalue weighted by Crippen LogP contribution is 2.61.